The Morgan fingerprint density at radius 1 is 1.21 bits per heavy atom. The summed E-state index contributed by atoms with van der Waals surface area (Å²) in [6.45, 7) is 0. The second-order valence-corrected chi connectivity index (χ2v) is 6.65. The van der Waals surface area contributed by atoms with Crippen molar-refractivity contribution in [3.8, 4) is 0 Å². The van der Waals surface area contributed by atoms with Crippen molar-refractivity contribution < 1.29 is 0 Å². The molecule has 4 heteroatoms. The summed E-state index contributed by atoms with van der Waals surface area (Å²) in [5, 5.41) is 6.72. The first kappa shape index (κ1) is 12.8. The molecule has 0 aliphatic carbocycles. The van der Waals surface area contributed by atoms with Gasteiger partial charge in [0, 0.05) is 11.6 Å². The molecule has 0 aliphatic heterocycles. The van der Waals surface area contributed by atoms with Crippen LogP contribution in [0.3, 0.4) is 0 Å². The zero-order chi connectivity index (χ0) is 13.2. The molecule has 0 aliphatic rings. The summed E-state index contributed by atoms with van der Waals surface area (Å²) in [6.07, 6.45) is 1.83. The molecule has 0 fully saturated rings. The highest BCUT2D eigenvalue weighted by Gasteiger charge is 2.14. The number of hydrogen-bond donors (Lipinski definition) is 1. The molecule has 19 heavy (non-hydrogen) atoms. The lowest BCUT2D eigenvalue weighted by atomic mass is 10.00. The highest BCUT2D eigenvalue weighted by Crippen LogP contribution is 2.30. The van der Waals surface area contributed by atoms with Crippen LogP contribution in [0.1, 0.15) is 17.2 Å². The molecule has 2 heterocycles. The molecule has 3 aromatic rings. The van der Waals surface area contributed by atoms with E-state index in [-0.39, 0.29) is 6.04 Å². The van der Waals surface area contributed by atoms with Crippen LogP contribution >= 0.6 is 27.3 Å². The van der Waals surface area contributed by atoms with Crippen molar-refractivity contribution in [2.24, 2.45) is 0 Å². The van der Waals surface area contributed by atoms with Crippen LogP contribution in [0, 0.1) is 0 Å². The van der Waals surface area contributed by atoms with E-state index < -0.39 is 0 Å². The van der Waals surface area contributed by atoms with E-state index in [4.69, 9.17) is 0 Å². The fraction of sp³-hybridized carbons (Fsp3) is 0.133. The second kappa shape index (κ2) is 5.41. The van der Waals surface area contributed by atoms with Gasteiger partial charge in [-0.3, -0.25) is 4.98 Å². The lowest BCUT2D eigenvalue weighted by Gasteiger charge is -2.15. The van der Waals surface area contributed by atoms with Crippen molar-refractivity contribution in [1.29, 1.82) is 0 Å². The third-order valence-corrected chi connectivity index (χ3v) is 4.70. The fourth-order valence-electron chi connectivity index (χ4n) is 2.26. The maximum absolute atomic E-state index is 4.42. The summed E-state index contributed by atoms with van der Waals surface area (Å²) in [5.41, 5.74) is 3.54. The van der Waals surface area contributed by atoms with Crippen LogP contribution in [0.2, 0.25) is 0 Å². The number of nitrogens with one attached hydrogen (secondary N) is 1. The third kappa shape index (κ3) is 2.56. The SMILES string of the molecule is CNC(c1csc(Br)c1)c1ccc2cccnc2c1. The molecule has 2 aromatic heterocycles. The Morgan fingerprint density at radius 2 is 2.11 bits per heavy atom. The number of thiophene rings is 1. The number of rotatable bonds is 3. The Morgan fingerprint density at radius 3 is 2.84 bits per heavy atom. The Bertz CT molecular complexity index is 708. The van der Waals surface area contributed by atoms with Crippen LogP contribution in [0.15, 0.2) is 51.8 Å². The molecule has 1 atom stereocenters. The Labute approximate surface area is 124 Å². The van der Waals surface area contributed by atoms with Crippen molar-refractivity contribution in [3.63, 3.8) is 0 Å². The van der Waals surface area contributed by atoms with E-state index in [1.807, 2.05) is 19.3 Å². The van der Waals surface area contributed by atoms with Crippen molar-refractivity contribution >= 4 is 38.2 Å². The minimum Gasteiger partial charge on any atom is -0.309 e. The molecule has 3 rings (SSSR count). The van der Waals surface area contributed by atoms with E-state index in [0.717, 1.165) is 9.30 Å². The lowest BCUT2D eigenvalue weighted by Crippen LogP contribution is -2.16. The van der Waals surface area contributed by atoms with E-state index in [9.17, 15) is 0 Å². The van der Waals surface area contributed by atoms with Gasteiger partial charge in [0.25, 0.3) is 0 Å². The Balaban J connectivity index is 2.06. The molecule has 0 saturated heterocycles. The van der Waals surface area contributed by atoms with Crippen LogP contribution in [0.5, 0.6) is 0 Å². The van der Waals surface area contributed by atoms with Gasteiger partial charge in [0.2, 0.25) is 0 Å². The van der Waals surface area contributed by atoms with Crippen LogP contribution in [-0.2, 0) is 0 Å². The van der Waals surface area contributed by atoms with Gasteiger partial charge < -0.3 is 5.32 Å². The molecular weight excluding hydrogens is 320 g/mol. The largest absolute Gasteiger partial charge is 0.309 e. The number of halogens is 1. The average Bonchev–Trinajstić information content (AvgIpc) is 2.86. The Kier molecular flexibility index (Phi) is 3.64. The molecule has 0 amide bonds. The average molecular weight is 333 g/mol. The molecule has 0 radical (unpaired) electrons. The third-order valence-electron chi connectivity index (χ3n) is 3.17. The van der Waals surface area contributed by atoms with E-state index in [2.05, 4.69) is 61.9 Å². The summed E-state index contributed by atoms with van der Waals surface area (Å²) >= 11 is 5.23. The molecule has 1 aromatic carbocycles. The topological polar surface area (TPSA) is 24.9 Å². The quantitative estimate of drug-likeness (QED) is 0.770. The molecule has 0 saturated carbocycles. The zero-order valence-corrected chi connectivity index (χ0v) is 12.8. The maximum atomic E-state index is 4.42. The molecular formula is C15H13BrN2S. The van der Waals surface area contributed by atoms with Gasteiger partial charge in [-0.15, -0.1) is 11.3 Å². The predicted molar refractivity (Wildman–Crippen MR) is 84.7 cm³/mol. The summed E-state index contributed by atoms with van der Waals surface area (Å²) in [4.78, 5) is 4.42. The van der Waals surface area contributed by atoms with E-state index in [1.54, 1.807) is 11.3 Å². The first-order valence-corrected chi connectivity index (χ1v) is 7.71. The van der Waals surface area contributed by atoms with Crippen LogP contribution in [-0.4, -0.2) is 12.0 Å². The zero-order valence-electron chi connectivity index (χ0n) is 10.4. The van der Waals surface area contributed by atoms with E-state index in [0.29, 0.717) is 0 Å². The van der Waals surface area contributed by atoms with E-state index >= 15 is 0 Å². The van der Waals surface area contributed by atoms with Gasteiger partial charge in [0.05, 0.1) is 15.3 Å². The van der Waals surface area contributed by atoms with Crippen molar-refractivity contribution in [2.45, 2.75) is 6.04 Å². The molecule has 96 valence electrons. The van der Waals surface area contributed by atoms with Crippen LogP contribution < -0.4 is 5.32 Å². The Hall–Kier alpha value is -1.23. The summed E-state index contributed by atoms with van der Waals surface area (Å²) in [5.74, 6) is 0. The smallest absolute Gasteiger partial charge is 0.0705 e. The van der Waals surface area contributed by atoms with Gasteiger partial charge in [0.1, 0.15) is 0 Å². The number of fused-ring (bicyclic) bond motifs is 1. The normalized spacial score (nSPS) is 12.7. The first-order chi connectivity index (χ1) is 9.28. The predicted octanol–water partition coefficient (Wildman–Crippen LogP) is 4.37. The van der Waals surface area contributed by atoms with Gasteiger partial charge in [-0.25, -0.2) is 0 Å². The number of nitrogens with zero attached hydrogens (tertiary/aromatic N) is 1. The van der Waals surface area contributed by atoms with Gasteiger partial charge in [-0.1, -0.05) is 18.2 Å². The monoisotopic (exact) mass is 332 g/mol. The fourth-order valence-corrected chi connectivity index (χ4v) is 3.47. The number of hydrogen-bond acceptors (Lipinski definition) is 3. The van der Waals surface area contributed by atoms with Crippen molar-refractivity contribution in [2.75, 3.05) is 7.05 Å². The van der Waals surface area contributed by atoms with Gasteiger partial charge in [0.15, 0.2) is 0 Å². The van der Waals surface area contributed by atoms with Crippen LogP contribution in [0.25, 0.3) is 10.9 Å². The summed E-state index contributed by atoms with van der Waals surface area (Å²) in [7, 11) is 1.98. The molecule has 2 nitrogen and oxygen atoms in total. The number of pyridine rings is 1. The van der Waals surface area contributed by atoms with E-state index in [1.165, 1.54) is 16.5 Å². The van der Waals surface area contributed by atoms with Gasteiger partial charge >= 0.3 is 0 Å². The second-order valence-electron chi connectivity index (χ2n) is 4.36. The minimum atomic E-state index is 0.203. The summed E-state index contributed by atoms with van der Waals surface area (Å²) in [6, 6.07) is 12.9. The van der Waals surface area contributed by atoms with Crippen LogP contribution in [0.4, 0.5) is 0 Å². The number of benzene rings is 1. The van der Waals surface area contributed by atoms with Crippen molar-refractivity contribution in [1.82, 2.24) is 10.3 Å². The number of aromatic nitrogens is 1. The lowest BCUT2D eigenvalue weighted by molar-refractivity contribution is 0.695. The maximum Gasteiger partial charge on any atom is 0.0705 e. The first-order valence-electron chi connectivity index (χ1n) is 6.04. The van der Waals surface area contributed by atoms with Gasteiger partial charge in [-0.05, 0) is 57.7 Å². The highest BCUT2D eigenvalue weighted by atomic mass is 79.9. The standard InChI is InChI=1S/C15H13BrN2S/c1-17-15(12-8-14(16)19-9-12)11-5-4-10-3-2-6-18-13(10)7-11/h2-9,15,17H,1H3. The molecule has 1 unspecified atom stereocenters. The molecule has 0 bridgehead atoms. The highest BCUT2D eigenvalue weighted by molar-refractivity contribution is 9.11. The van der Waals surface area contributed by atoms with Gasteiger partial charge in [-0.2, -0.15) is 0 Å². The summed E-state index contributed by atoms with van der Waals surface area (Å²) < 4.78 is 1.15. The molecule has 1 N–H and O–H groups in total. The molecule has 0 spiro atoms. The van der Waals surface area contributed by atoms with Crippen molar-refractivity contribution in [3.05, 3.63) is 62.9 Å². The minimum absolute atomic E-state index is 0.203.